The average molecular weight is 279 g/mol. The van der Waals surface area contributed by atoms with Gasteiger partial charge < -0.3 is 25.1 Å². The Labute approximate surface area is 118 Å². The zero-order valence-electron chi connectivity index (χ0n) is 11.7. The van der Waals surface area contributed by atoms with Crippen LogP contribution in [0.2, 0.25) is 0 Å². The van der Waals surface area contributed by atoms with Crippen LogP contribution in [-0.2, 0) is 5.41 Å². The van der Waals surface area contributed by atoms with Gasteiger partial charge in [0.25, 0.3) is 0 Å². The molecule has 110 valence electrons. The fourth-order valence-corrected chi connectivity index (χ4v) is 3.25. The van der Waals surface area contributed by atoms with Crippen LogP contribution in [0.1, 0.15) is 31.2 Å². The molecule has 1 aliphatic heterocycles. The van der Waals surface area contributed by atoms with Crippen molar-refractivity contribution in [1.29, 1.82) is 0 Å². The van der Waals surface area contributed by atoms with Crippen molar-refractivity contribution in [3.8, 4) is 17.2 Å². The van der Waals surface area contributed by atoms with Gasteiger partial charge in [-0.25, -0.2) is 0 Å². The van der Waals surface area contributed by atoms with Gasteiger partial charge in [-0.2, -0.15) is 0 Å². The number of benzene rings is 1. The number of hydrogen-bond donors (Lipinski definition) is 2. The average Bonchev–Trinajstić information content (AvgIpc) is 2.94. The summed E-state index contributed by atoms with van der Waals surface area (Å²) < 4.78 is 16.4. The van der Waals surface area contributed by atoms with Crippen molar-refractivity contribution in [1.82, 2.24) is 0 Å². The van der Waals surface area contributed by atoms with Crippen LogP contribution in [0.15, 0.2) is 12.1 Å². The van der Waals surface area contributed by atoms with Crippen molar-refractivity contribution in [2.45, 2.75) is 37.2 Å². The van der Waals surface area contributed by atoms with E-state index in [1.54, 1.807) is 7.11 Å². The first kappa shape index (κ1) is 13.5. The smallest absolute Gasteiger partial charge is 0.231 e. The minimum Gasteiger partial charge on any atom is -0.496 e. The Bertz CT molecular complexity index is 495. The molecule has 3 rings (SSSR count). The Morgan fingerprint density at radius 3 is 2.55 bits per heavy atom. The van der Waals surface area contributed by atoms with Gasteiger partial charge in [-0.1, -0.05) is 0 Å². The molecule has 1 fully saturated rings. The van der Waals surface area contributed by atoms with E-state index in [9.17, 15) is 5.11 Å². The molecule has 0 radical (unpaired) electrons. The quantitative estimate of drug-likeness (QED) is 0.878. The summed E-state index contributed by atoms with van der Waals surface area (Å²) in [5.74, 6) is 2.25. The van der Waals surface area contributed by atoms with Crippen LogP contribution in [0.5, 0.6) is 17.2 Å². The van der Waals surface area contributed by atoms with Crippen LogP contribution >= 0.6 is 0 Å². The predicted molar refractivity (Wildman–Crippen MR) is 74.3 cm³/mol. The highest BCUT2D eigenvalue weighted by Crippen LogP contribution is 2.47. The minimum atomic E-state index is -0.213. The van der Waals surface area contributed by atoms with Gasteiger partial charge in [0.05, 0.1) is 13.2 Å². The van der Waals surface area contributed by atoms with Gasteiger partial charge in [-0.15, -0.1) is 0 Å². The highest BCUT2D eigenvalue weighted by Gasteiger charge is 2.38. The lowest BCUT2D eigenvalue weighted by molar-refractivity contribution is 0.0965. The Morgan fingerprint density at radius 1 is 1.30 bits per heavy atom. The minimum absolute atomic E-state index is 0.147. The standard InChI is InChI=1S/C15H21NO4/c1-18-12-7-14-13(19-9-20-14)6-11(12)15(8-16)4-2-10(17)3-5-15/h6-7,10,17H,2-5,8-9,16H2,1H3. The molecule has 2 aliphatic rings. The molecule has 1 saturated carbocycles. The Balaban J connectivity index is 2.03. The lowest BCUT2D eigenvalue weighted by Gasteiger charge is -2.39. The summed E-state index contributed by atoms with van der Waals surface area (Å²) in [6, 6.07) is 3.87. The molecular formula is C15H21NO4. The van der Waals surface area contributed by atoms with Gasteiger partial charge >= 0.3 is 0 Å². The van der Waals surface area contributed by atoms with Gasteiger partial charge in [0.2, 0.25) is 6.79 Å². The van der Waals surface area contributed by atoms with Gasteiger partial charge in [0.15, 0.2) is 11.5 Å². The number of hydrogen-bond acceptors (Lipinski definition) is 5. The Kier molecular flexibility index (Phi) is 3.48. The molecule has 5 nitrogen and oxygen atoms in total. The second-order valence-corrected chi connectivity index (χ2v) is 5.62. The molecule has 1 aliphatic carbocycles. The van der Waals surface area contributed by atoms with E-state index in [0.29, 0.717) is 12.3 Å². The molecule has 0 aromatic heterocycles. The van der Waals surface area contributed by atoms with Crippen LogP contribution in [0, 0.1) is 0 Å². The summed E-state index contributed by atoms with van der Waals surface area (Å²) in [7, 11) is 1.66. The number of aliphatic hydroxyl groups is 1. The molecule has 0 atom stereocenters. The number of nitrogens with two attached hydrogens (primary N) is 1. The molecule has 0 unspecified atom stereocenters. The van der Waals surface area contributed by atoms with E-state index in [1.807, 2.05) is 12.1 Å². The van der Waals surface area contributed by atoms with Crippen molar-refractivity contribution in [2.24, 2.45) is 5.73 Å². The second kappa shape index (κ2) is 5.14. The van der Waals surface area contributed by atoms with Crippen LogP contribution in [0.4, 0.5) is 0 Å². The zero-order chi connectivity index (χ0) is 14.2. The molecule has 3 N–H and O–H groups in total. The first-order valence-electron chi connectivity index (χ1n) is 7.05. The number of methoxy groups -OCH3 is 1. The molecule has 1 heterocycles. The highest BCUT2D eigenvalue weighted by atomic mass is 16.7. The SMILES string of the molecule is COc1cc2c(cc1C1(CN)CCC(O)CC1)OCO2. The van der Waals surface area contributed by atoms with Crippen LogP contribution in [-0.4, -0.2) is 31.7 Å². The third kappa shape index (κ3) is 2.11. The van der Waals surface area contributed by atoms with Gasteiger partial charge in [-0.05, 0) is 31.7 Å². The summed E-state index contributed by atoms with van der Waals surface area (Å²) >= 11 is 0. The molecule has 5 heteroatoms. The zero-order valence-corrected chi connectivity index (χ0v) is 11.7. The monoisotopic (exact) mass is 279 g/mol. The third-order valence-electron chi connectivity index (χ3n) is 4.57. The van der Waals surface area contributed by atoms with E-state index in [4.69, 9.17) is 19.9 Å². The summed E-state index contributed by atoms with van der Waals surface area (Å²) in [4.78, 5) is 0. The summed E-state index contributed by atoms with van der Waals surface area (Å²) in [5, 5.41) is 9.75. The molecule has 0 saturated heterocycles. The normalized spacial score (nSPS) is 28.4. The highest BCUT2D eigenvalue weighted by molar-refractivity contribution is 5.54. The fraction of sp³-hybridized carbons (Fsp3) is 0.600. The van der Waals surface area contributed by atoms with Crippen LogP contribution in [0.25, 0.3) is 0 Å². The van der Waals surface area contributed by atoms with E-state index in [1.165, 1.54) is 0 Å². The molecule has 1 aromatic carbocycles. The van der Waals surface area contributed by atoms with Crippen molar-refractivity contribution in [3.63, 3.8) is 0 Å². The number of ether oxygens (including phenoxy) is 3. The third-order valence-corrected chi connectivity index (χ3v) is 4.57. The van der Waals surface area contributed by atoms with Crippen molar-refractivity contribution in [2.75, 3.05) is 20.4 Å². The largest absolute Gasteiger partial charge is 0.496 e. The molecule has 0 bridgehead atoms. The summed E-state index contributed by atoms with van der Waals surface area (Å²) in [6.45, 7) is 0.784. The van der Waals surface area contributed by atoms with Crippen molar-refractivity contribution < 1.29 is 19.3 Å². The number of rotatable bonds is 3. The van der Waals surface area contributed by atoms with Crippen molar-refractivity contribution in [3.05, 3.63) is 17.7 Å². The topological polar surface area (TPSA) is 73.9 Å². The Hall–Kier alpha value is -1.46. The molecule has 1 aromatic rings. The lowest BCUT2D eigenvalue weighted by atomic mass is 9.68. The van der Waals surface area contributed by atoms with E-state index >= 15 is 0 Å². The number of aliphatic hydroxyl groups excluding tert-OH is 1. The van der Waals surface area contributed by atoms with Gasteiger partial charge in [0, 0.05) is 23.6 Å². The molecule has 20 heavy (non-hydrogen) atoms. The lowest BCUT2D eigenvalue weighted by Crippen LogP contribution is -2.40. The molecular weight excluding hydrogens is 258 g/mol. The van der Waals surface area contributed by atoms with E-state index in [0.717, 1.165) is 42.7 Å². The molecule has 0 amide bonds. The van der Waals surface area contributed by atoms with Gasteiger partial charge in [0.1, 0.15) is 5.75 Å². The van der Waals surface area contributed by atoms with Gasteiger partial charge in [-0.3, -0.25) is 0 Å². The molecule has 0 spiro atoms. The maximum absolute atomic E-state index is 9.75. The van der Waals surface area contributed by atoms with Crippen LogP contribution in [0.3, 0.4) is 0 Å². The fourth-order valence-electron chi connectivity index (χ4n) is 3.25. The number of fused-ring (bicyclic) bond motifs is 1. The summed E-state index contributed by atoms with van der Waals surface area (Å²) in [5.41, 5.74) is 7.00. The summed E-state index contributed by atoms with van der Waals surface area (Å²) in [6.07, 6.45) is 3.06. The predicted octanol–water partition coefficient (Wildman–Crippen LogP) is 1.56. The van der Waals surface area contributed by atoms with E-state index < -0.39 is 0 Å². The maximum atomic E-state index is 9.75. The van der Waals surface area contributed by atoms with Crippen molar-refractivity contribution >= 4 is 0 Å². The van der Waals surface area contributed by atoms with E-state index in [2.05, 4.69) is 0 Å². The maximum Gasteiger partial charge on any atom is 0.231 e. The Morgan fingerprint density at radius 2 is 1.95 bits per heavy atom. The van der Waals surface area contributed by atoms with Crippen LogP contribution < -0.4 is 19.9 Å². The first-order valence-corrected chi connectivity index (χ1v) is 7.05. The van der Waals surface area contributed by atoms with E-state index in [-0.39, 0.29) is 18.3 Å². The second-order valence-electron chi connectivity index (χ2n) is 5.62. The first-order chi connectivity index (χ1) is 9.68.